The molecule has 49 heavy (non-hydrogen) atoms. The zero-order valence-electron chi connectivity index (χ0n) is 27.7. The molecule has 0 bridgehead atoms. The second-order valence-electron chi connectivity index (χ2n) is 13.3. The molecule has 0 spiro atoms. The van der Waals surface area contributed by atoms with Crippen LogP contribution in [0.25, 0.3) is 22.5 Å². The molecule has 9 heteroatoms. The molecule has 3 amide bonds. The molecule has 3 aliphatic heterocycles. The molecule has 3 fully saturated rings. The summed E-state index contributed by atoms with van der Waals surface area (Å²) < 4.78 is 0. The predicted octanol–water partition coefficient (Wildman–Crippen LogP) is 6.37. The van der Waals surface area contributed by atoms with Gasteiger partial charge < -0.3 is 14.7 Å². The molecule has 8 nitrogen and oxygen atoms in total. The van der Waals surface area contributed by atoms with Crippen LogP contribution in [0.5, 0.6) is 0 Å². The number of amides is 3. The van der Waals surface area contributed by atoms with Gasteiger partial charge in [-0.15, -0.1) is 0 Å². The van der Waals surface area contributed by atoms with Crippen LogP contribution in [0.2, 0.25) is 5.02 Å². The average molecular weight is 676 g/mol. The third-order valence-corrected chi connectivity index (χ3v) is 10.5. The Morgan fingerprint density at radius 1 is 0.592 bits per heavy atom. The number of likely N-dealkylation sites (tertiary alicyclic amines) is 2. The molecule has 0 N–H and O–H groups in total. The van der Waals surface area contributed by atoms with Gasteiger partial charge >= 0.3 is 0 Å². The van der Waals surface area contributed by atoms with E-state index in [1.165, 1.54) is 0 Å². The number of piperidine rings is 2. The Morgan fingerprint density at radius 2 is 1.12 bits per heavy atom. The number of hydrogen-bond acceptors (Lipinski definition) is 5. The van der Waals surface area contributed by atoms with Crippen molar-refractivity contribution in [3.8, 4) is 22.5 Å². The van der Waals surface area contributed by atoms with Gasteiger partial charge in [0.15, 0.2) is 0 Å². The molecule has 0 unspecified atom stereocenters. The minimum atomic E-state index is -0.0310. The number of rotatable bonds is 6. The van der Waals surface area contributed by atoms with Crippen molar-refractivity contribution in [3.63, 3.8) is 0 Å². The van der Waals surface area contributed by atoms with Gasteiger partial charge in [0.2, 0.25) is 5.91 Å². The molecule has 4 heterocycles. The van der Waals surface area contributed by atoms with Gasteiger partial charge in [0, 0.05) is 79.1 Å². The van der Waals surface area contributed by atoms with Gasteiger partial charge in [0.05, 0.1) is 17.3 Å². The van der Waals surface area contributed by atoms with Gasteiger partial charge in [-0.3, -0.25) is 19.3 Å². The van der Waals surface area contributed by atoms with Crippen molar-refractivity contribution in [2.45, 2.75) is 31.7 Å². The Bertz CT molecular complexity index is 1710. The number of benzene rings is 3. The number of halogens is 1. The van der Waals surface area contributed by atoms with Crippen LogP contribution in [0.4, 0.5) is 0 Å². The zero-order chi connectivity index (χ0) is 33.7. The van der Waals surface area contributed by atoms with Crippen LogP contribution in [0.1, 0.15) is 46.4 Å². The number of piperazine rings is 1. The quantitative estimate of drug-likeness (QED) is 0.238. The molecule has 7 rings (SSSR count). The van der Waals surface area contributed by atoms with E-state index >= 15 is 0 Å². The molecule has 252 valence electrons. The van der Waals surface area contributed by atoms with Crippen molar-refractivity contribution in [3.05, 3.63) is 113 Å². The van der Waals surface area contributed by atoms with Gasteiger partial charge in [-0.1, -0.05) is 72.3 Å². The summed E-state index contributed by atoms with van der Waals surface area (Å²) in [5, 5.41) is 0.604. The summed E-state index contributed by atoms with van der Waals surface area (Å²) in [4.78, 5) is 53.7. The van der Waals surface area contributed by atoms with E-state index in [4.69, 9.17) is 16.6 Å². The molecule has 3 saturated heterocycles. The Morgan fingerprint density at radius 3 is 1.71 bits per heavy atom. The van der Waals surface area contributed by atoms with Crippen molar-refractivity contribution in [2.24, 2.45) is 5.92 Å². The summed E-state index contributed by atoms with van der Waals surface area (Å²) in [5.74, 6) is 0.193. The predicted molar refractivity (Wildman–Crippen MR) is 192 cm³/mol. The Kier molecular flexibility index (Phi) is 10.1. The first-order valence-corrected chi connectivity index (χ1v) is 17.8. The molecule has 3 aromatic carbocycles. The van der Waals surface area contributed by atoms with E-state index in [1.807, 2.05) is 87.5 Å². The fraction of sp³-hybridized carbons (Fsp3) is 0.350. The number of hydrogen-bond donors (Lipinski definition) is 0. The lowest BCUT2D eigenvalue weighted by Crippen LogP contribution is -2.55. The highest BCUT2D eigenvalue weighted by atomic mass is 35.5. The minimum absolute atomic E-state index is 0.0189. The highest BCUT2D eigenvalue weighted by Gasteiger charge is 2.35. The number of carbonyl (C=O) groups is 3. The van der Waals surface area contributed by atoms with Crippen LogP contribution in [0.3, 0.4) is 0 Å². The van der Waals surface area contributed by atoms with E-state index < -0.39 is 0 Å². The third kappa shape index (κ3) is 7.56. The molecule has 1 atom stereocenters. The SMILES string of the molecule is O=C(c1cc(-c2ccccc2)nc(-c2ccccc2)c1)N1CCC(N2CCC[C@@H](C(=O)N3CCN(C(=O)c4ccc(Cl)cc4)CC3)C2)CC1. The van der Waals surface area contributed by atoms with Gasteiger partial charge in [0.1, 0.15) is 0 Å². The van der Waals surface area contributed by atoms with Gasteiger partial charge in [0.25, 0.3) is 11.8 Å². The van der Waals surface area contributed by atoms with Crippen LogP contribution < -0.4 is 0 Å². The smallest absolute Gasteiger partial charge is 0.254 e. The highest BCUT2D eigenvalue weighted by molar-refractivity contribution is 6.30. The van der Waals surface area contributed by atoms with E-state index in [9.17, 15) is 14.4 Å². The highest BCUT2D eigenvalue weighted by Crippen LogP contribution is 2.29. The molecule has 0 saturated carbocycles. The van der Waals surface area contributed by atoms with Crippen LogP contribution in [0.15, 0.2) is 97.1 Å². The Labute approximate surface area is 293 Å². The van der Waals surface area contributed by atoms with Crippen LogP contribution in [0, 0.1) is 5.92 Å². The summed E-state index contributed by atoms with van der Waals surface area (Å²) in [5.41, 5.74) is 4.82. The number of nitrogens with zero attached hydrogens (tertiary/aromatic N) is 5. The lowest BCUT2D eigenvalue weighted by atomic mass is 9.92. The molecule has 0 radical (unpaired) electrons. The Hall–Kier alpha value is -4.53. The number of pyridine rings is 1. The first-order chi connectivity index (χ1) is 23.9. The lowest BCUT2D eigenvalue weighted by molar-refractivity contribution is -0.139. The minimum Gasteiger partial charge on any atom is -0.339 e. The van der Waals surface area contributed by atoms with E-state index in [0.29, 0.717) is 61.5 Å². The molecule has 0 aliphatic carbocycles. The summed E-state index contributed by atoms with van der Waals surface area (Å²) in [6.07, 6.45) is 3.67. The summed E-state index contributed by atoms with van der Waals surface area (Å²) >= 11 is 5.99. The summed E-state index contributed by atoms with van der Waals surface area (Å²) in [6.45, 7) is 5.30. The standard InChI is InChI=1S/C40H42ClN5O3/c41-34-15-13-31(14-16-34)38(47)44-22-24-45(25-23-44)39(48)32-12-7-19-46(28-32)35-17-20-43(21-18-35)40(49)33-26-36(29-8-3-1-4-9-29)42-37(27-33)30-10-5-2-6-11-30/h1-6,8-11,13-16,26-27,32,35H,7,12,17-25,28H2/t32-/m1/s1. The van der Waals surface area contributed by atoms with E-state index in [1.54, 1.807) is 24.3 Å². The van der Waals surface area contributed by atoms with Crippen LogP contribution in [-0.4, -0.2) is 101 Å². The first kappa shape index (κ1) is 33.0. The molecular weight excluding hydrogens is 634 g/mol. The first-order valence-electron chi connectivity index (χ1n) is 17.4. The van der Waals surface area contributed by atoms with Crippen LogP contribution >= 0.6 is 11.6 Å². The second-order valence-corrected chi connectivity index (χ2v) is 13.8. The molecule has 4 aromatic rings. The van der Waals surface area contributed by atoms with Gasteiger partial charge in [-0.25, -0.2) is 4.98 Å². The monoisotopic (exact) mass is 675 g/mol. The fourth-order valence-electron chi connectivity index (χ4n) is 7.49. The van der Waals surface area contributed by atoms with Crippen molar-refractivity contribution in [1.29, 1.82) is 0 Å². The van der Waals surface area contributed by atoms with E-state index in [0.717, 1.165) is 61.3 Å². The van der Waals surface area contributed by atoms with Crippen molar-refractivity contribution in [1.82, 2.24) is 24.6 Å². The summed E-state index contributed by atoms with van der Waals surface area (Å²) in [7, 11) is 0. The van der Waals surface area contributed by atoms with E-state index in [-0.39, 0.29) is 23.6 Å². The molecule has 3 aliphatic rings. The number of aromatic nitrogens is 1. The largest absolute Gasteiger partial charge is 0.339 e. The maximum atomic E-state index is 13.9. The zero-order valence-corrected chi connectivity index (χ0v) is 28.5. The van der Waals surface area contributed by atoms with Crippen molar-refractivity contribution >= 4 is 29.3 Å². The molecule has 1 aromatic heterocycles. The van der Waals surface area contributed by atoms with Crippen molar-refractivity contribution in [2.75, 3.05) is 52.4 Å². The lowest BCUT2D eigenvalue weighted by Gasteiger charge is -2.43. The number of carbonyl (C=O) groups excluding carboxylic acids is 3. The third-order valence-electron chi connectivity index (χ3n) is 10.3. The maximum absolute atomic E-state index is 13.9. The normalized spacial score (nSPS) is 19.1. The maximum Gasteiger partial charge on any atom is 0.254 e. The topological polar surface area (TPSA) is 77.1 Å². The second kappa shape index (κ2) is 14.9. The van der Waals surface area contributed by atoms with Gasteiger partial charge in [-0.05, 0) is 68.6 Å². The van der Waals surface area contributed by atoms with Gasteiger partial charge in [-0.2, -0.15) is 0 Å². The average Bonchev–Trinajstić information content (AvgIpc) is 3.18. The summed E-state index contributed by atoms with van der Waals surface area (Å²) in [6, 6.07) is 31.2. The van der Waals surface area contributed by atoms with Crippen molar-refractivity contribution < 1.29 is 14.4 Å². The van der Waals surface area contributed by atoms with E-state index in [2.05, 4.69) is 4.90 Å². The fourth-order valence-corrected chi connectivity index (χ4v) is 7.61. The molecular formula is C40H42ClN5O3. The van der Waals surface area contributed by atoms with Crippen LogP contribution in [-0.2, 0) is 4.79 Å². The Balaban J connectivity index is 0.949.